The van der Waals surface area contributed by atoms with Crippen LogP contribution in [0.3, 0.4) is 0 Å². The van der Waals surface area contributed by atoms with Crippen LogP contribution in [0, 0.1) is 0 Å². The van der Waals surface area contributed by atoms with E-state index in [0.29, 0.717) is 12.2 Å². The molecule has 2 aromatic carbocycles. The number of carbonyl (C=O) groups excluding carboxylic acids is 1. The molecule has 0 unspecified atom stereocenters. The van der Waals surface area contributed by atoms with Gasteiger partial charge in [-0.1, -0.05) is 88.8 Å². The number of hydrogen-bond donors (Lipinski definition) is 0. The third kappa shape index (κ3) is 8.12. The second-order valence-electron chi connectivity index (χ2n) is 8.61. The van der Waals surface area contributed by atoms with Gasteiger partial charge in [-0.2, -0.15) is 0 Å². The Labute approximate surface area is 198 Å². The van der Waals surface area contributed by atoms with Crippen LogP contribution in [0.5, 0.6) is 5.75 Å². The molecule has 33 heavy (non-hydrogen) atoms. The van der Waals surface area contributed by atoms with Crippen LogP contribution < -0.4 is 4.74 Å². The van der Waals surface area contributed by atoms with Gasteiger partial charge in [0.05, 0.1) is 0 Å². The third-order valence-corrected chi connectivity index (χ3v) is 5.82. The highest BCUT2D eigenvalue weighted by molar-refractivity contribution is 5.73. The summed E-state index contributed by atoms with van der Waals surface area (Å²) >= 11 is 0. The van der Waals surface area contributed by atoms with Crippen LogP contribution in [-0.2, 0) is 11.2 Å². The summed E-state index contributed by atoms with van der Waals surface area (Å²) in [6.45, 7) is 4.40. The predicted molar refractivity (Wildman–Crippen MR) is 135 cm³/mol. The van der Waals surface area contributed by atoms with Gasteiger partial charge in [-0.3, -0.25) is 4.79 Å². The molecule has 0 aliphatic heterocycles. The SMILES string of the molecule is CCCCCCCC(=O)Oc1ccc(-c2ccc(-c3ncc(CCCCC)cn3)cc2)cc1. The Kier molecular flexibility index (Phi) is 10.1. The molecule has 4 heteroatoms. The Bertz CT molecular complexity index is 964. The molecular weight excluding hydrogens is 408 g/mol. The van der Waals surface area contributed by atoms with Gasteiger partial charge in [0, 0.05) is 24.4 Å². The molecule has 0 aliphatic carbocycles. The maximum absolute atomic E-state index is 12.0. The van der Waals surface area contributed by atoms with Crippen LogP contribution in [-0.4, -0.2) is 15.9 Å². The minimum absolute atomic E-state index is 0.153. The van der Waals surface area contributed by atoms with E-state index in [1.807, 2.05) is 48.8 Å². The second-order valence-corrected chi connectivity index (χ2v) is 8.61. The Morgan fingerprint density at radius 1 is 0.697 bits per heavy atom. The van der Waals surface area contributed by atoms with Crippen LogP contribution in [0.2, 0.25) is 0 Å². The quantitative estimate of drug-likeness (QED) is 0.153. The number of rotatable bonds is 13. The molecule has 0 amide bonds. The zero-order valence-corrected chi connectivity index (χ0v) is 20.1. The van der Waals surface area contributed by atoms with Crippen molar-refractivity contribution < 1.29 is 9.53 Å². The Morgan fingerprint density at radius 2 is 1.24 bits per heavy atom. The van der Waals surface area contributed by atoms with Crippen molar-refractivity contribution in [1.82, 2.24) is 9.97 Å². The molecular formula is C29H36N2O2. The van der Waals surface area contributed by atoms with Crippen molar-refractivity contribution in [3.8, 4) is 28.3 Å². The number of benzene rings is 2. The summed E-state index contributed by atoms with van der Waals surface area (Å²) in [6.07, 6.45) is 14.7. The van der Waals surface area contributed by atoms with Crippen molar-refractivity contribution in [2.24, 2.45) is 0 Å². The van der Waals surface area contributed by atoms with Crippen LogP contribution in [0.1, 0.15) is 77.2 Å². The van der Waals surface area contributed by atoms with Gasteiger partial charge < -0.3 is 4.74 Å². The molecule has 0 saturated carbocycles. The highest BCUT2D eigenvalue weighted by Gasteiger charge is 2.07. The van der Waals surface area contributed by atoms with Gasteiger partial charge >= 0.3 is 5.97 Å². The van der Waals surface area contributed by atoms with Gasteiger partial charge in [0.2, 0.25) is 0 Å². The first-order valence-corrected chi connectivity index (χ1v) is 12.4. The van der Waals surface area contributed by atoms with Gasteiger partial charge in [0.1, 0.15) is 5.75 Å². The summed E-state index contributed by atoms with van der Waals surface area (Å²) in [5.74, 6) is 1.19. The summed E-state index contributed by atoms with van der Waals surface area (Å²) in [5.41, 5.74) is 4.38. The van der Waals surface area contributed by atoms with Crippen LogP contribution >= 0.6 is 0 Å². The summed E-state index contributed by atoms with van der Waals surface area (Å²) < 4.78 is 5.47. The van der Waals surface area contributed by atoms with E-state index in [1.54, 1.807) is 0 Å². The molecule has 0 spiro atoms. The number of carbonyl (C=O) groups is 1. The number of hydrogen-bond acceptors (Lipinski definition) is 4. The monoisotopic (exact) mass is 444 g/mol. The predicted octanol–water partition coefficient (Wildman–Crippen LogP) is 7.81. The van der Waals surface area contributed by atoms with Crippen LogP contribution in [0.25, 0.3) is 22.5 Å². The minimum atomic E-state index is -0.153. The molecule has 3 aromatic rings. The standard InChI is InChI=1S/C29H36N2O2/c1-3-5-7-8-10-12-28(32)33-27-19-17-25(18-20-27)24-13-15-26(16-14-24)29-30-21-23(22-31-29)11-9-6-4-2/h13-22H,3-12H2,1-2H3. The molecule has 0 bridgehead atoms. The van der Waals surface area contributed by atoms with E-state index in [1.165, 1.54) is 44.1 Å². The average Bonchev–Trinajstić information content (AvgIpc) is 2.85. The molecule has 174 valence electrons. The maximum atomic E-state index is 12.0. The summed E-state index contributed by atoms with van der Waals surface area (Å²) in [4.78, 5) is 21.1. The minimum Gasteiger partial charge on any atom is -0.427 e. The smallest absolute Gasteiger partial charge is 0.311 e. The largest absolute Gasteiger partial charge is 0.427 e. The van der Waals surface area contributed by atoms with E-state index in [9.17, 15) is 4.79 Å². The van der Waals surface area contributed by atoms with Gasteiger partial charge in [-0.05, 0) is 48.1 Å². The Hall–Kier alpha value is -3.01. The zero-order valence-electron chi connectivity index (χ0n) is 20.1. The van der Waals surface area contributed by atoms with E-state index in [2.05, 4.69) is 35.9 Å². The van der Waals surface area contributed by atoms with Crippen molar-refractivity contribution in [1.29, 1.82) is 0 Å². The molecule has 0 saturated heterocycles. The lowest BCUT2D eigenvalue weighted by molar-refractivity contribution is -0.134. The van der Waals surface area contributed by atoms with Crippen molar-refractivity contribution in [3.63, 3.8) is 0 Å². The topological polar surface area (TPSA) is 52.1 Å². The molecule has 0 atom stereocenters. The molecule has 3 rings (SSSR count). The molecule has 0 N–H and O–H groups in total. The fraction of sp³-hybridized carbons (Fsp3) is 0.414. The number of nitrogens with zero attached hydrogens (tertiary/aromatic N) is 2. The van der Waals surface area contributed by atoms with Crippen molar-refractivity contribution in [2.75, 3.05) is 0 Å². The van der Waals surface area contributed by atoms with Gasteiger partial charge in [-0.15, -0.1) is 0 Å². The van der Waals surface area contributed by atoms with E-state index in [4.69, 9.17) is 4.74 Å². The molecule has 1 aromatic heterocycles. The third-order valence-electron chi connectivity index (χ3n) is 5.82. The lowest BCUT2D eigenvalue weighted by Crippen LogP contribution is -2.07. The van der Waals surface area contributed by atoms with Crippen LogP contribution in [0.4, 0.5) is 0 Å². The molecule has 1 heterocycles. The van der Waals surface area contributed by atoms with Gasteiger partial charge in [0.25, 0.3) is 0 Å². The molecule has 0 fully saturated rings. The zero-order chi connectivity index (χ0) is 23.3. The molecule has 4 nitrogen and oxygen atoms in total. The first kappa shape index (κ1) is 24.6. The number of ether oxygens (including phenoxy) is 1. The number of aryl methyl sites for hydroxylation is 1. The number of aromatic nitrogens is 2. The number of unbranched alkanes of at least 4 members (excludes halogenated alkanes) is 6. The van der Waals surface area contributed by atoms with E-state index < -0.39 is 0 Å². The van der Waals surface area contributed by atoms with E-state index >= 15 is 0 Å². The lowest BCUT2D eigenvalue weighted by Gasteiger charge is -2.07. The fourth-order valence-corrected chi connectivity index (χ4v) is 3.79. The first-order chi connectivity index (χ1) is 16.2. The molecule has 0 radical (unpaired) electrons. The van der Waals surface area contributed by atoms with Gasteiger partial charge in [-0.25, -0.2) is 9.97 Å². The summed E-state index contributed by atoms with van der Waals surface area (Å²) in [6, 6.07) is 15.9. The summed E-state index contributed by atoms with van der Waals surface area (Å²) in [7, 11) is 0. The van der Waals surface area contributed by atoms with Crippen molar-refractivity contribution >= 4 is 5.97 Å². The van der Waals surface area contributed by atoms with Gasteiger partial charge in [0.15, 0.2) is 5.82 Å². The Morgan fingerprint density at radius 3 is 1.88 bits per heavy atom. The Balaban J connectivity index is 1.52. The van der Waals surface area contributed by atoms with Crippen LogP contribution in [0.15, 0.2) is 60.9 Å². The lowest BCUT2D eigenvalue weighted by atomic mass is 10.0. The fourth-order valence-electron chi connectivity index (χ4n) is 3.79. The molecule has 0 aliphatic rings. The highest BCUT2D eigenvalue weighted by Crippen LogP contribution is 2.25. The summed E-state index contributed by atoms with van der Waals surface area (Å²) in [5, 5.41) is 0. The van der Waals surface area contributed by atoms with Crippen molar-refractivity contribution in [3.05, 3.63) is 66.5 Å². The highest BCUT2D eigenvalue weighted by atomic mass is 16.5. The first-order valence-electron chi connectivity index (χ1n) is 12.4. The van der Waals surface area contributed by atoms with Crippen molar-refractivity contribution in [2.45, 2.75) is 78.1 Å². The number of esters is 1. The average molecular weight is 445 g/mol. The normalized spacial score (nSPS) is 10.8. The second kappa shape index (κ2) is 13.5. The maximum Gasteiger partial charge on any atom is 0.311 e. The van der Waals surface area contributed by atoms with E-state index in [-0.39, 0.29) is 5.97 Å². The van der Waals surface area contributed by atoms with E-state index in [0.717, 1.165) is 41.8 Å².